The van der Waals surface area contributed by atoms with Gasteiger partial charge in [-0.3, -0.25) is 4.79 Å². The Morgan fingerprint density at radius 2 is 1.67 bits per heavy atom. The van der Waals surface area contributed by atoms with Crippen LogP contribution in [0.3, 0.4) is 0 Å². The molecule has 1 atom stereocenters. The van der Waals surface area contributed by atoms with E-state index in [2.05, 4.69) is 5.32 Å². The first-order valence-corrected chi connectivity index (χ1v) is 5.46. The van der Waals surface area contributed by atoms with Gasteiger partial charge in [0.1, 0.15) is 5.82 Å². The number of nitrogens with one attached hydrogen (secondary N) is 1. The number of aliphatic hydroxyl groups excluding tert-OH is 1. The summed E-state index contributed by atoms with van der Waals surface area (Å²) in [7, 11) is 0. The van der Waals surface area contributed by atoms with Crippen molar-refractivity contribution in [3.8, 4) is 0 Å². The van der Waals surface area contributed by atoms with Crippen LogP contribution in [0.25, 0.3) is 0 Å². The van der Waals surface area contributed by atoms with Gasteiger partial charge in [-0.15, -0.1) is 0 Å². The highest BCUT2D eigenvalue weighted by Gasteiger charge is 2.16. The molecule has 18 heavy (non-hydrogen) atoms. The molecule has 0 fully saturated rings. The fraction of sp³-hybridized carbons (Fsp3) is 0.0714. The van der Waals surface area contributed by atoms with E-state index in [0.717, 1.165) is 0 Å². The van der Waals surface area contributed by atoms with Crippen molar-refractivity contribution >= 4 is 11.6 Å². The second-order valence-corrected chi connectivity index (χ2v) is 3.81. The van der Waals surface area contributed by atoms with Crippen LogP contribution in [0.5, 0.6) is 0 Å². The first-order valence-electron chi connectivity index (χ1n) is 5.46. The molecule has 0 saturated heterocycles. The highest BCUT2D eigenvalue weighted by molar-refractivity contribution is 5.94. The number of anilines is 1. The molecule has 0 spiro atoms. The fourth-order valence-corrected chi connectivity index (χ4v) is 1.53. The Morgan fingerprint density at radius 1 is 1.06 bits per heavy atom. The smallest absolute Gasteiger partial charge is 0.257 e. The van der Waals surface area contributed by atoms with E-state index in [1.165, 1.54) is 24.3 Å². The lowest BCUT2D eigenvalue weighted by atomic mass is 10.1. The molecule has 4 heteroatoms. The van der Waals surface area contributed by atoms with Gasteiger partial charge >= 0.3 is 0 Å². The number of carbonyl (C=O) groups is 1. The van der Waals surface area contributed by atoms with Crippen molar-refractivity contribution in [1.82, 2.24) is 0 Å². The van der Waals surface area contributed by atoms with Crippen molar-refractivity contribution < 1.29 is 14.3 Å². The molecule has 0 aliphatic carbocycles. The highest BCUT2D eigenvalue weighted by Crippen LogP contribution is 2.15. The normalized spacial score (nSPS) is 11.9. The van der Waals surface area contributed by atoms with Crippen LogP contribution in [-0.4, -0.2) is 11.0 Å². The van der Waals surface area contributed by atoms with Crippen molar-refractivity contribution in [3.63, 3.8) is 0 Å². The lowest BCUT2D eigenvalue weighted by Gasteiger charge is -2.11. The third-order valence-corrected chi connectivity index (χ3v) is 2.48. The summed E-state index contributed by atoms with van der Waals surface area (Å²) in [5.74, 6) is -0.926. The SMILES string of the molecule is O=C(Nc1ccc(F)cc1)C(O)c1ccccc1. The summed E-state index contributed by atoms with van der Waals surface area (Å²) in [6.07, 6.45) is -1.24. The molecule has 2 N–H and O–H groups in total. The van der Waals surface area contributed by atoms with Crippen LogP contribution in [0.4, 0.5) is 10.1 Å². The Hall–Kier alpha value is -2.20. The lowest BCUT2D eigenvalue weighted by Crippen LogP contribution is -2.20. The molecule has 0 bridgehead atoms. The van der Waals surface area contributed by atoms with Crippen molar-refractivity contribution in [2.75, 3.05) is 5.32 Å². The Morgan fingerprint density at radius 3 is 2.28 bits per heavy atom. The molecule has 2 aromatic rings. The number of aliphatic hydroxyl groups is 1. The Labute approximate surface area is 104 Å². The molecule has 3 nitrogen and oxygen atoms in total. The number of rotatable bonds is 3. The van der Waals surface area contributed by atoms with E-state index in [4.69, 9.17) is 0 Å². The van der Waals surface area contributed by atoms with E-state index in [-0.39, 0.29) is 5.82 Å². The zero-order chi connectivity index (χ0) is 13.0. The fourth-order valence-electron chi connectivity index (χ4n) is 1.53. The molecular weight excluding hydrogens is 233 g/mol. The van der Waals surface area contributed by atoms with Crippen molar-refractivity contribution in [1.29, 1.82) is 0 Å². The molecule has 0 aromatic heterocycles. The van der Waals surface area contributed by atoms with Gasteiger partial charge in [0.2, 0.25) is 0 Å². The lowest BCUT2D eigenvalue weighted by molar-refractivity contribution is -0.124. The van der Waals surface area contributed by atoms with Gasteiger partial charge in [-0.1, -0.05) is 30.3 Å². The average Bonchev–Trinajstić information content (AvgIpc) is 2.41. The summed E-state index contributed by atoms with van der Waals surface area (Å²) in [5.41, 5.74) is 0.952. The predicted octanol–water partition coefficient (Wildman–Crippen LogP) is 2.50. The molecule has 1 unspecified atom stereocenters. The van der Waals surface area contributed by atoms with Gasteiger partial charge in [0.25, 0.3) is 5.91 Å². The molecule has 0 radical (unpaired) electrons. The maximum Gasteiger partial charge on any atom is 0.257 e. The van der Waals surface area contributed by atoms with E-state index in [9.17, 15) is 14.3 Å². The second-order valence-electron chi connectivity index (χ2n) is 3.81. The van der Waals surface area contributed by atoms with Gasteiger partial charge in [-0.25, -0.2) is 4.39 Å². The van der Waals surface area contributed by atoms with E-state index in [1.54, 1.807) is 30.3 Å². The zero-order valence-corrected chi connectivity index (χ0v) is 9.51. The standard InChI is InChI=1S/C14H12FNO2/c15-11-6-8-12(9-7-11)16-14(18)13(17)10-4-2-1-3-5-10/h1-9,13,17H,(H,16,18). The van der Waals surface area contributed by atoms with Crippen LogP contribution in [0, 0.1) is 5.82 Å². The summed E-state index contributed by atoms with van der Waals surface area (Å²) in [5, 5.41) is 12.3. The van der Waals surface area contributed by atoms with E-state index in [1.807, 2.05) is 0 Å². The third-order valence-electron chi connectivity index (χ3n) is 2.48. The summed E-state index contributed by atoms with van der Waals surface area (Å²) in [6.45, 7) is 0. The van der Waals surface area contributed by atoms with Gasteiger partial charge in [0, 0.05) is 5.69 Å². The quantitative estimate of drug-likeness (QED) is 0.872. The van der Waals surface area contributed by atoms with E-state index < -0.39 is 12.0 Å². The predicted molar refractivity (Wildman–Crippen MR) is 66.4 cm³/mol. The maximum absolute atomic E-state index is 12.7. The molecule has 92 valence electrons. The minimum Gasteiger partial charge on any atom is -0.378 e. The zero-order valence-electron chi connectivity index (χ0n) is 9.51. The Balaban J connectivity index is 2.06. The maximum atomic E-state index is 12.7. The first-order chi connectivity index (χ1) is 8.66. The number of amides is 1. The monoisotopic (exact) mass is 245 g/mol. The Kier molecular flexibility index (Phi) is 3.69. The number of carbonyl (C=O) groups excluding carboxylic acids is 1. The van der Waals surface area contributed by atoms with Gasteiger partial charge in [-0.05, 0) is 29.8 Å². The van der Waals surface area contributed by atoms with Crippen LogP contribution in [-0.2, 0) is 4.79 Å². The van der Waals surface area contributed by atoms with Crippen molar-refractivity contribution in [3.05, 3.63) is 66.0 Å². The van der Waals surface area contributed by atoms with Crippen molar-refractivity contribution in [2.45, 2.75) is 6.10 Å². The van der Waals surface area contributed by atoms with Crippen LogP contribution in [0.1, 0.15) is 11.7 Å². The van der Waals surface area contributed by atoms with E-state index >= 15 is 0 Å². The first kappa shape index (κ1) is 12.3. The molecule has 0 aliphatic heterocycles. The van der Waals surface area contributed by atoms with Gasteiger partial charge in [-0.2, -0.15) is 0 Å². The number of hydrogen-bond donors (Lipinski definition) is 2. The molecule has 1 amide bonds. The second kappa shape index (κ2) is 5.42. The van der Waals surface area contributed by atoms with Gasteiger partial charge in [0.05, 0.1) is 0 Å². The van der Waals surface area contributed by atoms with Crippen LogP contribution in [0.15, 0.2) is 54.6 Å². The van der Waals surface area contributed by atoms with Gasteiger partial charge < -0.3 is 10.4 Å². The van der Waals surface area contributed by atoms with E-state index in [0.29, 0.717) is 11.3 Å². The molecule has 0 heterocycles. The number of hydrogen-bond acceptors (Lipinski definition) is 2. The molecule has 0 aliphatic rings. The van der Waals surface area contributed by atoms with Crippen LogP contribution >= 0.6 is 0 Å². The highest BCUT2D eigenvalue weighted by atomic mass is 19.1. The minimum atomic E-state index is -1.24. The van der Waals surface area contributed by atoms with Crippen LogP contribution < -0.4 is 5.32 Å². The number of halogens is 1. The summed E-state index contributed by atoms with van der Waals surface area (Å²) in [6, 6.07) is 14.0. The Bertz CT molecular complexity index is 525. The number of benzene rings is 2. The summed E-state index contributed by atoms with van der Waals surface area (Å²) < 4.78 is 12.7. The largest absolute Gasteiger partial charge is 0.378 e. The van der Waals surface area contributed by atoms with Gasteiger partial charge in [0.15, 0.2) is 6.10 Å². The summed E-state index contributed by atoms with van der Waals surface area (Å²) in [4.78, 5) is 11.7. The van der Waals surface area contributed by atoms with Crippen molar-refractivity contribution in [2.24, 2.45) is 0 Å². The molecule has 2 aromatic carbocycles. The van der Waals surface area contributed by atoms with Crippen LogP contribution in [0.2, 0.25) is 0 Å². The molecule has 2 rings (SSSR count). The topological polar surface area (TPSA) is 49.3 Å². The molecular formula is C14H12FNO2. The minimum absolute atomic E-state index is 0.378. The summed E-state index contributed by atoms with van der Waals surface area (Å²) >= 11 is 0. The average molecular weight is 245 g/mol. The molecule has 0 saturated carbocycles. The third kappa shape index (κ3) is 2.93.